The Morgan fingerprint density at radius 1 is 1.18 bits per heavy atom. The third kappa shape index (κ3) is 5.04. The van der Waals surface area contributed by atoms with Gasteiger partial charge in [-0.05, 0) is 50.5 Å². The number of urea groups is 1. The van der Waals surface area contributed by atoms with Crippen molar-refractivity contribution in [1.29, 1.82) is 0 Å². The van der Waals surface area contributed by atoms with Crippen LogP contribution in [-0.4, -0.2) is 29.9 Å². The van der Waals surface area contributed by atoms with Gasteiger partial charge < -0.3 is 15.5 Å². The lowest BCUT2D eigenvalue weighted by molar-refractivity contribution is -0.132. The number of benzene rings is 2. The van der Waals surface area contributed by atoms with Gasteiger partial charge in [-0.2, -0.15) is 0 Å². The molecule has 2 aromatic rings. The first kappa shape index (κ1) is 20.2. The summed E-state index contributed by atoms with van der Waals surface area (Å²) in [6.45, 7) is 5.47. The van der Waals surface area contributed by atoms with E-state index in [4.69, 9.17) is 11.6 Å². The zero-order valence-electron chi connectivity index (χ0n) is 16.3. The van der Waals surface area contributed by atoms with Gasteiger partial charge >= 0.3 is 6.03 Å². The largest absolute Gasteiger partial charge is 0.351 e. The lowest BCUT2D eigenvalue weighted by Crippen LogP contribution is -2.52. The highest BCUT2D eigenvalue weighted by Crippen LogP contribution is 2.30. The number of halogens is 1. The zero-order valence-corrected chi connectivity index (χ0v) is 17.1. The number of carbonyl (C=O) groups is 2. The Balaban J connectivity index is 1.59. The van der Waals surface area contributed by atoms with Gasteiger partial charge in [0.1, 0.15) is 0 Å². The Hall–Kier alpha value is -2.53. The highest BCUT2D eigenvalue weighted by atomic mass is 35.5. The molecule has 1 aliphatic heterocycles. The molecule has 1 atom stereocenters. The molecule has 0 bridgehead atoms. The molecule has 0 unspecified atom stereocenters. The van der Waals surface area contributed by atoms with Gasteiger partial charge in [0.05, 0.1) is 5.41 Å². The topological polar surface area (TPSA) is 61.4 Å². The van der Waals surface area contributed by atoms with Crippen LogP contribution in [0.15, 0.2) is 48.5 Å². The van der Waals surface area contributed by atoms with E-state index in [1.54, 1.807) is 29.2 Å². The van der Waals surface area contributed by atoms with E-state index in [1.807, 2.05) is 38.1 Å². The molecule has 0 aliphatic carbocycles. The van der Waals surface area contributed by atoms with Crippen LogP contribution in [0.1, 0.15) is 30.9 Å². The third-order valence-electron chi connectivity index (χ3n) is 5.18. The molecule has 0 aromatic heterocycles. The first-order valence-corrected chi connectivity index (χ1v) is 9.89. The number of carbonyl (C=O) groups excluding carboxylic acids is 2. The number of aryl methyl sites for hydroxylation is 1. The molecule has 5 nitrogen and oxygen atoms in total. The molecular weight excluding hydrogens is 374 g/mol. The highest BCUT2D eigenvalue weighted by molar-refractivity contribution is 6.30. The minimum Gasteiger partial charge on any atom is -0.351 e. The summed E-state index contributed by atoms with van der Waals surface area (Å²) < 4.78 is 0. The van der Waals surface area contributed by atoms with Crippen molar-refractivity contribution in [2.75, 3.05) is 18.4 Å². The SMILES string of the molecule is Cc1ccc(CNC(=O)[C@]2(C)CCCN(C(=O)Nc3cccc(Cl)c3)C2)cc1. The number of anilines is 1. The number of hydrogen-bond acceptors (Lipinski definition) is 2. The first-order chi connectivity index (χ1) is 13.4. The van der Waals surface area contributed by atoms with E-state index in [0.717, 1.165) is 18.4 Å². The van der Waals surface area contributed by atoms with Crippen molar-refractivity contribution in [2.24, 2.45) is 5.41 Å². The van der Waals surface area contributed by atoms with Gasteiger partial charge in [0, 0.05) is 30.3 Å². The fourth-order valence-corrected chi connectivity index (χ4v) is 3.66. The minimum atomic E-state index is -0.603. The maximum Gasteiger partial charge on any atom is 0.321 e. The molecule has 1 heterocycles. The summed E-state index contributed by atoms with van der Waals surface area (Å²) >= 11 is 5.98. The fraction of sp³-hybridized carbons (Fsp3) is 0.364. The van der Waals surface area contributed by atoms with Crippen LogP contribution in [0.3, 0.4) is 0 Å². The van der Waals surface area contributed by atoms with E-state index in [0.29, 0.717) is 30.3 Å². The molecule has 0 spiro atoms. The van der Waals surface area contributed by atoms with Crippen molar-refractivity contribution < 1.29 is 9.59 Å². The zero-order chi connectivity index (χ0) is 20.1. The van der Waals surface area contributed by atoms with Gasteiger partial charge in [-0.3, -0.25) is 4.79 Å². The lowest BCUT2D eigenvalue weighted by atomic mass is 9.81. The predicted octanol–water partition coefficient (Wildman–Crippen LogP) is 4.60. The van der Waals surface area contributed by atoms with Gasteiger partial charge in [0.25, 0.3) is 0 Å². The Bertz CT molecular complexity index is 853. The van der Waals surface area contributed by atoms with Crippen LogP contribution in [0.5, 0.6) is 0 Å². The summed E-state index contributed by atoms with van der Waals surface area (Å²) in [6, 6.07) is 14.9. The van der Waals surface area contributed by atoms with E-state index < -0.39 is 5.41 Å². The second-order valence-corrected chi connectivity index (χ2v) is 8.13. The smallest absolute Gasteiger partial charge is 0.321 e. The molecule has 1 saturated heterocycles. The summed E-state index contributed by atoms with van der Waals surface area (Å²) in [5.74, 6) is -0.0201. The van der Waals surface area contributed by atoms with E-state index in [-0.39, 0.29) is 11.9 Å². The summed E-state index contributed by atoms with van der Waals surface area (Å²) in [7, 11) is 0. The number of nitrogens with one attached hydrogen (secondary N) is 2. The Labute approximate surface area is 171 Å². The molecule has 2 N–H and O–H groups in total. The summed E-state index contributed by atoms with van der Waals surface area (Å²) in [5, 5.41) is 6.46. The third-order valence-corrected chi connectivity index (χ3v) is 5.42. The monoisotopic (exact) mass is 399 g/mol. The number of amides is 3. The molecule has 0 radical (unpaired) electrons. The molecule has 1 fully saturated rings. The Morgan fingerprint density at radius 3 is 2.64 bits per heavy atom. The first-order valence-electron chi connectivity index (χ1n) is 9.51. The van der Waals surface area contributed by atoms with Gasteiger partial charge in [-0.1, -0.05) is 47.5 Å². The normalized spacial score (nSPS) is 19.2. The van der Waals surface area contributed by atoms with E-state index in [9.17, 15) is 9.59 Å². The van der Waals surface area contributed by atoms with Gasteiger partial charge in [0.2, 0.25) is 5.91 Å². The van der Waals surface area contributed by atoms with Gasteiger partial charge in [0.15, 0.2) is 0 Å². The van der Waals surface area contributed by atoms with Gasteiger partial charge in [-0.15, -0.1) is 0 Å². The van der Waals surface area contributed by atoms with E-state index >= 15 is 0 Å². The average molecular weight is 400 g/mol. The molecule has 3 rings (SSSR count). The van der Waals surface area contributed by atoms with Crippen molar-refractivity contribution in [3.05, 3.63) is 64.7 Å². The van der Waals surface area contributed by atoms with Crippen LogP contribution in [0.2, 0.25) is 5.02 Å². The molecule has 6 heteroatoms. The highest BCUT2D eigenvalue weighted by Gasteiger charge is 2.39. The van der Waals surface area contributed by atoms with Crippen LogP contribution in [0.25, 0.3) is 0 Å². The molecule has 28 heavy (non-hydrogen) atoms. The number of rotatable bonds is 4. The standard InChI is InChI=1S/C22H26ClN3O2/c1-16-7-9-17(10-8-16)14-24-20(27)22(2)11-4-12-26(15-22)21(28)25-19-6-3-5-18(23)13-19/h3,5-10,13H,4,11-12,14-15H2,1-2H3,(H,24,27)(H,25,28)/t22-/m1/s1. The van der Waals surface area contributed by atoms with E-state index in [2.05, 4.69) is 10.6 Å². The molecular formula is C22H26ClN3O2. The summed E-state index contributed by atoms with van der Waals surface area (Å²) in [6.07, 6.45) is 1.55. The van der Waals surface area contributed by atoms with Crippen molar-refractivity contribution >= 4 is 29.2 Å². The second-order valence-electron chi connectivity index (χ2n) is 7.69. The number of nitrogens with zero attached hydrogens (tertiary/aromatic N) is 1. The van der Waals surface area contributed by atoms with Crippen molar-refractivity contribution in [3.8, 4) is 0 Å². The maximum atomic E-state index is 12.8. The number of piperidine rings is 1. The quantitative estimate of drug-likeness (QED) is 0.789. The van der Waals surface area contributed by atoms with Crippen LogP contribution in [-0.2, 0) is 11.3 Å². The second kappa shape index (κ2) is 8.65. The Kier molecular flexibility index (Phi) is 6.25. The van der Waals surface area contributed by atoms with Crippen LogP contribution >= 0.6 is 11.6 Å². The molecule has 3 amide bonds. The van der Waals surface area contributed by atoms with Crippen molar-refractivity contribution in [2.45, 2.75) is 33.2 Å². The van der Waals surface area contributed by atoms with Crippen LogP contribution in [0.4, 0.5) is 10.5 Å². The predicted molar refractivity (Wildman–Crippen MR) is 112 cm³/mol. The molecule has 1 aliphatic rings. The van der Waals surface area contributed by atoms with Crippen LogP contribution in [0, 0.1) is 12.3 Å². The minimum absolute atomic E-state index is 0.0201. The molecule has 0 saturated carbocycles. The van der Waals surface area contributed by atoms with Crippen LogP contribution < -0.4 is 10.6 Å². The fourth-order valence-electron chi connectivity index (χ4n) is 3.47. The van der Waals surface area contributed by atoms with Gasteiger partial charge in [-0.25, -0.2) is 4.79 Å². The average Bonchev–Trinajstić information content (AvgIpc) is 2.67. The summed E-state index contributed by atoms with van der Waals surface area (Å²) in [5.41, 5.74) is 2.30. The van der Waals surface area contributed by atoms with Crippen molar-refractivity contribution in [3.63, 3.8) is 0 Å². The maximum absolute atomic E-state index is 12.8. The molecule has 148 valence electrons. The molecule has 2 aromatic carbocycles. The number of hydrogen-bond donors (Lipinski definition) is 2. The lowest BCUT2D eigenvalue weighted by Gasteiger charge is -2.39. The summed E-state index contributed by atoms with van der Waals surface area (Å²) in [4.78, 5) is 27.2. The van der Waals surface area contributed by atoms with E-state index in [1.165, 1.54) is 5.56 Å². The van der Waals surface area contributed by atoms with Crippen molar-refractivity contribution in [1.82, 2.24) is 10.2 Å². The Morgan fingerprint density at radius 2 is 1.93 bits per heavy atom. The number of likely N-dealkylation sites (tertiary alicyclic amines) is 1.